The Hall–Kier alpha value is -2.50. The Bertz CT molecular complexity index is 878. The molecule has 6 N–H and O–H groups in total. The van der Waals surface area contributed by atoms with Gasteiger partial charge in [0.1, 0.15) is 35.9 Å². The number of aromatic carboxylic acids is 1. The zero-order chi connectivity index (χ0) is 19.0. The molecule has 0 saturated carbocycles. The van der Waals surface area contributed by atoms with E-state index in [9.17, 15) is 30.0 Å². The molecule has 2 heterocycles. The zero-order valence-electron chi connectivity index (χ0n) is 13.3. The van der Waals surface area contributed by atoms with E-state index in [-0.39, 0.29) is 22.3 Å². The van der Waals surface area contributed by atoms with Crippen molar-refractivity contribution < 1.29 is 39.8 Å². The second-order valence-electron chi connectivity index (χ2n) is 5.85. The largest absolute Gasteiger partial charge is 0.477 e. The van der Waals surface area contributed by atoms with Crippen LogP contribution in [0.5, 0.6) is 5.75 Å². The lowest BCUT2D eigenvalue weighted by molar-refractivity contribution is -0.277. The van der Waals surface area contributed by atoms with Gasteiger partial charge < -0.3 is 40.0 Å². The second kappa shape index (κ2) is 7.02. The Morgan fingerprint density at radius 3 is 2.58 bits per heavy atom. The van der Waals surface area contributed by atoms with Crippen LogP contribution >= 0.6 is 0 Å². The number of fused-ring (bicyclic) bond motifs is 1. The lowest BCUT2D eigenvalue weighted by Crippen LogP contribution is -2.60. The normalized spacial score (nSPS) is 28.8. The summed E-state index contributed by atoms with van der Waals surface area (Å²) in [6.45, 7) is -0.625. The van der Waals surface area contributed by atoms with Crippen LogP contribution in [0.1, 0.15) is 10.5 Å². The van der Waals surface area contributed by atoms with Crippen molar-refractivity contribution in [1.29, 1.82) is 0 Å². The quantitative estimate of drug-likeness (QED) is 0.373. The number of aliphatic hydroxyl groups is 4. The number of hydrogen-bond acceptors (Lipinski definition) is 8. The standard InChI is InChI=1S/C16H17NO9/c18-5-10-12(20)13(21)14(22)16(26-10)25-9-3-1-2-6-8(19)4-7(15(23)24)17-11(6)9/h1-4,10,12-14,16,18,20-22H,5H2,(H,17,19)(H,23,24)/t10-,12+,13+,14+,16-/m1/s1. The maximum absolute atomic E-state index is 12.1. The number of carbonyl (C=O) groups is 1. The van der Waals surface area contributed by atoms with Gasteiger partial charge in [-0.1, -0.05) is 6.07 Å². The molecule has 1 fully saturated rings. The maximum Gasteiger partial charge on any atom is 0.352 e. The van der Waals surface area contributed by atoms with Gasteiger partial charge in [-0.05, 0) is 12.1 Å². The predicted octanol–water partition coefficient (Wildman–Crippen LogP) is -1.60. The molecular formula is C16H17NO9. The van der Waals surface area contributed by atoms with Gasteiger partial charge >= 0.3 is 5.97 Å². The van der Waals surface area contributed by atoms with Crippen molar-refractivity contribution in [3.63, 3.8) is 0 Å². The molecule has 0 spiro atoms. The molecule has 140 valence electrons. The number of pyridine rings is 1. The van der Waals surface area contributed by atoms with Crippen LogP contribution < -0.4 is 10.2 Å². The molecule has 26 heavy (non-hydrogen) atoms. The van der Waals surface area contributed by atoms with Crippen LogP contribution in [0.3, 0.4) is 0 Å². The summed E-state index contributed by atoms with van der Waals surface area (Å²) in [5.74, 6) is -1.35. The molecule has 0 bridgehead atoms. The zero-order valence-corrected chi connectivity index (χ0v) is 13.3. The number of hydrogen-bond donors (Lipinski definition) is 6. The summed E-state index contributed by atoms with van der Waals surface area (Å²) >= 11 is 0. The Kier molecular flexibility index (Phi) is 4.94. The molecule has 0 amide bonds. The van der Waals surface area contributed by atoms with Crippen molar-refractivity contribution >= 4 is 16.9 Å². The summed E-state index contributed by atoms with van der Waals surface area (Å²) in [5.41, 5.74) is -0.836. The molecule has 1 aliphatic rings. The first-order valence-electron chi connectivity index (χ1n) is 7.70. The van der Waals surface area contributed by atoms with E-state index in [4.69, 9.17) is 14.6 Å². The third-order valence-electron chi connectivity index (χ3n) is 4.15. The minimum atomic E-state index is -1.64. The highest BCUT2D eigenvalue weighted by Crippen LogP contribution is 2.28. The van der Waals surface area contributed by atoms with Crippen molar-refractivity contribution in [2.45, 2.75) is 30.7 Å². The minimum absolute atomic E-state index is 0.00738. The summed E-state index contributed by atoms with van der Waals surface area (Å²) in [4.78, 5) is 25.8. The molecular weight excluding hydrogens is 350 g/mol. The number of H-pyrrole nitrogens is 1. The fourth-order valence-corrected chi connectivity index (χ4v) is 2.75. The van der Waals surface area contributed by atoms with Crippen molar-refractivity contribution in [2.75, 3.05) is 6.61 Å². The van der Waals surface area contributed by atoms with Crippen LogP contribution in [0.4, 0.5) is 0 Å². The first kappa shape index (κ1) is 18.3. The van der Waals surface area contributed by atoms with Gasteiger partial charge in [0.25, 0.3) is 0 Å². The van der Waals surface area contributed by atoms with E-state index >= 15 is 0 Å². The van der Waals surface area contributed by atoms with Crippen molar-refractivity contribution in [1.82, 2.24) is 4.98 Å². The van der Waals surface area contributed by atoms with Gasteiger partial charge in [-0.2, -0.15) is 0 Å². The van der Waals surface area contributed by atoms with E-state index in [2.05, 4.69) is 4.98 Å². The highest BCUT2D eigenvalue weighted by atomic mass is 16.7. The number of aromatic nitrogens is 1. The van der Waals surface area contributed by atoms with E-state index in [1.54, 1.807) is 0 Å². The van der Waals surface area contributed by atoms with E-state index in [0.29, 0.717) is 0 Å². The van der Waals surface area contributed by atoms with Gasteiger partial charge in [0.15, 0.2) is 5.43 Å². The van der Waals surface area contributed by atoms with Gasteiger partial charge in [-0.3, -0.25) is 4.79 Å². The van der Waals surface area contributed by atoms with Crippen molar-refractivity contribution in [2.24, 2.45) is 0 Å². The topological polar surface area (TPSA) is 170 Å². The highest BCUT2D eigenvalue weighted by Gasteiger charge is 2.44. The molecule has 10 heteroatoms. The number of carboxylic acids is 1. The second-order valence-corrected chi connectivity index (χ2v) is 5.85. The fraction of sp³-hybridized carbons (Fsp3) is 0.375. The lowest BCUT2D eigenvalue weighted by Gasteiger charge is -2.39. The molecule has 0 unspecified atom stereocenters. The van der Waals surface area contributed by atoms with Crippen molar-refractivity contribution in [3.8, 4) is 5.75 Å². The summed E-state index contributed by atoms with van der Waals surface area (Å²) in [6, 6.07) is 5.28. The summed E-state index contributed by atoms with van der Waals surface area (Å²) in [6.07, 6.45) is -7.44. The summed E-state index contributed by atoms with van der Waals surface area (Å²) in [7, 11) is 0. The minimum Gasteiger partial charge on any atom is -0.477 e. The molecule has 10 nitrogen and oxygen atoms in total. The molecule has 5 atom stereocenters. The Morgan fingerprint density at radius 1 is 1.19 bits per heavy atom. The maximum atomic E-state index is 12.1. The van der Waals surface area contributed by atoms with Crippen LogP contribution in [0.25, 0.3) is 10.9 Å². The van der Waals surface area contributed by atoms with E-state index in [1.165, 1.54) is 18.2 Å². The number of nitrogens with one attached hydrogen (secondary N) is 1. The number of benzene rings is 1. The summed E-state index contributed by atoms with van der Waals surface area (Å²) in [5, 5.41) is 48.1. The van der Waals surface area contributed by atoms with Gasteiger partial charge in [0, 0.05) is 11.5 Å². The first-order valence-corrected chi connectivity index (χ1v) is 7.70. The van der Waals surface area contributed by atoms with Crippen molar-refractivity contribution in [3.05, 3.63) is 40.2 Å². The molecule has 1 aromatic carbocycles. The number of para-hydroxylation sites is 1. The molecule has 2 aromatic rings. The van der Waals surface area contributed by atoms with E-state index < -0.39 is 48.7 Å². The van der Waals surface area contributed by atoms with Gasteiger partial charge in [0.05, 0.1) is 12.1 Å². The van der Waals surface area contributed by atoms with Crippen LogP contribution in [0, 0.1) is 0 Å². The monoisotopic (exact) mass is 367 g/mol. The molecule has 3 rings (SSSR count). The number of aliphatic hydroxyl groups excluding tert-OH is 4. The van der Waals surface area contributed by atoms with Crippen LogP contribution in [-0.4, -0.2) is 73.8 Å². The average Bonchev–Trinajstić information content (AvgIpc) is 2.62. The highest BCUT2D eigenvalue weighted by molar-refractivity contribution is 5.91. The number of carboxylic acid groups (broad SMARTS) is 1. The van der Waals surface area contributed by atoms with Gasteiger partial charge in [-0.25, -0.2) is 4.79 Å². The Balaban J connectivity index is 2.00. The van der Waals surface area contributed by atoms with E-state index in [1.807, 2.05) is 0 Å². The molecule has 0 radical (unpaired) electrons. The van der Waals surface area contributed by atoms with Crippen LogP contribution in [0.15, 0.2) is 29.1 Å². The predicted molar refractivity (Wildman–Crippen MR) is 85.9 cm³/mol. The number of rotatable bonds is 4. The number of aromatic amines is 1. The SMILES string of the molecule is O=C(O)c1cc(=O)c2cccc(O[C@@H]3O[C@H](CO)[C@H](O)[C@H](O)[C@@H]3O)c2[nH]1. The smallest absolute Gasteiger partial charge is 0.352 e. The first-order chi connectivity index (χ1) is 12.3. The van der Waals surface area contributed by atoms with Crippen LogP contribution in [0.2, 0.25) is 0 Å². The van der Waals surface area contributed by atoms with Gasteiger partial charge in [0.2, 0.25) is 6.29 Å². The van der Waals surface area contributed by atoms with E-state index in [0.717, 1.165) is 6.07 Å². The van der Waals surface area contributed by atoms with Gasteiger partial charge in [-0.15, -0.1) is 0 Å². The Labute approximate surface area is 145 Å². The third-order valence-corrected chi connectivity index (χ3v) is 4.15. The lowest BCUT2D eigenvalue weighted by atomic mass is 9.99. The molecule has 1 saturated heterocycles. The summed E-state index contributed by atoms with van der Waals surface area (Å²) < 4.78 is 10.8. The third kappa shape index (κ3) is 3.16. The number of ether oxygens (including phenoxy) is 2. The molecule has 1 aliphatic heterocycles. The fourth-order valence-electron chi connectivity index (χ4n) is 2.75. The molecule has 1 aromatic heterocycles. The Morgan fingerprint density at radius 2 is 1.92 bits per heavy atom. The van der Waals surface area contributed by atoms with Crippen LogP contribution in [-0.2, 0) is 4.74 Å². The average molecular weight is 367 g/mol. The molecule has 0 aliphatic carbocycles.